The molecule has 0 saturated heterocycles. The number of hydrogen-bond acceptors (Lipinski definition) is 2. The summed E-state index contributed by atoms with van der Waals surface area (Å²) in [7, 11) is 0. The van der Waals surface area contributed by atoms with Crippen molar-refractivity contribution >= 4 is 0 Å². The highest BCUT2D eigenvalue weighted by Crippen LogP contribution is 2.56. The van der Waals surface area contributed by atoms with Crippen molar-refractivity contribution in [3.63, 3.8) is 0 Å². The molecule has 11 heavy (non-hydrogen) atoms. The van der Waals surface area contributed by atoms with E-state index in [1.807, 2.05) is 6.20 Å². The summed E-state index contributed by atoms with van der Waals surface area (Å²) >= 11 is 0. The minimum absolute atomic E-state index is 0.720. The Morgan fingerprint density at radius 3 is 2.73 bits per heavy atom. The molecular formula is C8H11N3. The zero-order valence-electron chi connectivity index (χ0n) is 6.33. The Morgan fingerprint density at radius 2 is 2.09 bits per heavy atom. The summed E-state index contributed by atoms with van der Waals surface area (Å²) in [4.78, 5) is 0. The van der Waals surface area contributed by atoms with Crippen LogP contribution in [0.2, 0.25) is 0 Å². The molecular weight excluding hydrogens is 138 g/mol. The Morgan fingerprint density at radius 1 is 1.27 bits per heavy atom. The molecule has 2 aliphatic rings. The third-order valence-electron chi connectivity index (χ3n) is 3.10. The van der Waals surface area contributed by atoms with Crippen LogP contribution in [-0.2, 0) is 0 Å². The van der Waals surface area contributed by atoms with Crippen molar-refractivity contribution in [1.29, 1.82) is 0 Å². The van der Waals surface area contributed by atoms with Crippen molar-refractivity contribution in [3.05, 3.63) is 11.9 Å². The summed E-state index contributed by atoms with van der Waals surface area (Å²) < 4.78 is 0. The molecule has 0 aromatic carbocycles. The molecule has 0 aliphatic heterocycles. The predicted octanol–water partition coefficient (Wildman–Crippen LogP) is 1.32. The van der Waals surface area contributed by atoms with E-state index in [-0.39, 0.29) is 0 Å². The molecule has 0 radical (unpaired) electrons. The van der Waals surface area contributed by atoms with Crippen LogP contribution in [0.25, 0.3) is 0 Å². The normalized spacial score (nSPS) is 35.6. The molecule has 0 amide bonds. The largest absolute Gasteiger partial charge is 0.198 e. The zero-order chi connectivity index (χ0) is 7.26. The smallest absolute Gasteiger partial charge is 0.0855 e. The summed E-state index contributed by atoms with van der Waals surface area (Å²) in [6, 6.07) is 0. The van der Waals surface area contributed by atoms with Gasteiger partial charge in [-0.25, -0.2) is 0 Å². The molecule has 2 fully saturated rings. The van der Waals surface area contributed by atoms with E-state index in [2.05, 4.69) is 15.4 Å². The number of rotatable bonds is 1. The minimum Gasteiger partial charge on any atom is -0.198 e. The second-order valence-electron chi connectivity index (χ2n) is 3.82. The lowest BCUT2D eigenvalue weighted by molar-refractivity contribution is 0.606. The van der Waals surface area contributed by atoms with E-state index in [0.29, 0.717) is 0 Å². The summed E-state index contributed by atoms with van der Waals surface area (Å²) in [6.07, 6.45) is 6.07. The van der Waals surface area contributed by atoms with Crippen LogP contribution in [0.3, 0.4) is 0 Å². The van der Waals surface area contributed by atoms with E-state index in [4.69, 9.17) is 0 Å². The van der Waals surface area contributed by atoms with Gasteiger partial charge in [-0.1, -0.05) is 0 Å². The highest BCUT2D eigenvalue weighted by molar-refractivity contribution is 5.10. The van der Waals surface area contributed by atoms with Gasteiger partial charge in [-0.15, -0.1) is 0 Å². The van der Waals surface area contributed by atoms with E-state index in [1.54, 1.807) is 0 Å². The van der Waals surface area contributed by atoms with Crippen molar-refractivity contribution in [2.45, 2.75) is 25.2 Å². The fourth-order valence-corrected chi connectivity index (χ4v) is 2.36. The molecule has 0 unspecified atom stereocenters. The van der Waals surface area contributed by atoms with Gasteiger partial charge < -0.3 is 0 Å². The number of nitrogens with one attached hydrogen (secondary N) is 1. The van der Waals surface area contributed by atoms with Crippen LogP contribution in [0.4, 0.5) is 0 Å². The standard InChI is InChI=1S/C8H11N3/c1-5-2-7(3-6(1)5)8-4-9-11-10-8/h4-7H,1-3H2,(H,9,10,11)/t5-,6-/m1/s1. The van der Waals surface area contributed by atoms with Gasteiger partial charge in [-0.2, -0.15) is 15.4 Å². The first kappa shape index (κ1) is 5.75. The predicted molar refractivity (Wildman–Crippen MR) is 40.0 cm³/mol. The van der Waals surface area contributed by atoms with Crippen LogP contribution in [0.5, 0.6) is 0 Å². The lowest BCUT2D eigenvalue weighted by atomic mass is 10.0. The van der Waals surface area contributed by atoms with E-state index < -0.39 is 0 Å². The van der Waals surface area contributed by atoms with Gasteiger partial charge in [-0.3, -0.25) is 0 Å². The van der Waals surface area contributed by atoms with Gasteiger partial charge in [0.15, 0.2) is 0 Å². The Bertz CT molecular complexity index is 244. The quantitative estimate of drug-likeness (QED) is 0.654. The van der Waals surface area contributed by atoms with Crippen molar-refractivity contribution in [2.24, 2.45) is 11.8 Å². The lowest BCUT2D eigenvalue weighted by Gasteiger charge is -2.05. The van der Waals surface area contributed by atoms with Crippen LogP contribution in [0.15, 0.2) is 6.20 Å². The fraction of sp³-hybridized carbons (Fsp3) is 0.750. The van der Waals surface area contributed by atoms with Crippen molar-refractivity contribution < 1.29 is 0 Å². The third-order valence-corrected chi connectivity index (χ3v) is 3.10. The van der Waals surface area contributed by atoms with Gasteiger partial charge in [0.1, 0.15) is 0 Å². The topological polar surface area (TPSA) is 41.6 Å². The Kier molecular flexibility index (Phi) is 0.962. The van der Waals surface area contributed by atoms with Crippen LogP contribution in [0, 0.1) is 11.8 Å². The number of fused-ring (bicyclic) bond motifs is 1. The van der Waals surface area contributed by atoms with Crippen LogP contribution >= 0.6 is 0 Å². The highest BCUT2D eigenvalue weighted by Gasteiger charge is 2.46. The number of aromatic amines is 1. The van der Waals surface area contributed by atoms with E-state index >= 15 is 0 Å². The van der Waals surface area contributed by atoms with Gasteiger partial charge >= 0.3 is 0 Å². The maximum Gasteiger partial charge on any atom is 0.0855 e. The van der Waals surface area contributed by atoms with E-state index in [9.17, 15) is 0 Å². The molecule has 3 heteroatoms. The first-order valence-corrected chi connectivity index (χ1v) is 4.29. The SMILES string of the molecule is c1n[nH]nc1C1C[C@H]2C[C@@H]2C1. The van der Waals surface area contributed by atoms with Gasteiger partial charge in [-0.05, 0) is 31.1 Å². The van der Waals surface area contributed by atoms with Crippen LogP contribution < -0.4 is 0 Å². The molecule has 1 aromatic rings. The number of aromatic nitrogens is 3. The second-order valence-corrected chi connectivity index (χ2v) is 3.82. The highest BCUT2D eigenvalue weighted by atomic mass is 15.3. The van der Waals surface area contributed by atoms with Crippen LogP contribution in [0.1, 0.15) is 30.9 Å². The first-order valence-electron chi connectivity index (χ1n) is 4.29. The van der Waals surface area contributed by atoms with Crippen molar-refractivity contribution in [1.82, 2.24) is 15.4 Å². The number of H-pyrrole nitrogens is 1. The fourth-order valence-electron chi connectivity index (χ4n) is 2.36. The first-order chi connectivity index (χ1) is 5.43. The number of hydrogen-bond donors (Lipinski definition) is 1. The van der Waals surface area contributed by atoms with Crippen LogP contribution in [-0.4, -0.2) is 15.4 Å². The molecule has 2 atom stereocenters. The molecule has 1 N–H and O–H groups in total. The summed E-state index contributed by atoms with van der Waals surface area (Å²) in [5.74, 6) is 2.80. The van der Waals surface area contributed by atoms with Gasteiger partial charge in [0, 0.05) is 5.92 Å². The lowest BCUT2D eigenvalue weighted by Crippen LogP contribution is -1.95. The Hall–Kier alpha value is -0.860. The van der Waals surface area contributed by atoms with E-state index in [1.165, 1.54) is 25.0 Å². The molecule has 0 spiro atoms. The number of nitrogens with zero attached hydrogens (tertiary/aromatic N) is 2. The third kappa shape index (κ3) is 0.800. The molecule has 58 valence electrons. The molecule has 1 aromatic heterocycles. The molecule has 2 saturated carbocycles. The Balaban J connectivity index is 1.81. The average molecular weight is 149 g/mol. The van der Waals surface area contributed by atoms with Crippen molar-refractivity contribution in [2.75, 3.05) is 0 Å². The summed E-state index contributed by atoms with van der Waals surface area (Å²) in [5, 5.41) is 10.6. The molecule has 3 nitrogen and oxygen atoms in total. The maximum absolute atomic E-state index is 4.12. The minimum atomic E-state index is 0.720. The average Bonchev–Trinajstić information content (AvgIpc) is 2.60. The summed E-state index contributed by atoms with van der Waals surface area (Å²) in [6.45, 7) is 0. The van der Waals surface area contributed by atoms with Gasteiger partial charge in [0.05, 0.1) is 11.9 Å². The van der Waals surface area contributed by atoms with Crippen molar-refractivity contribution in [3.8, 4) is 0 Å². The van der Waals surface area contributed by atoms with Gasteiger partial charge in [0.2, 0.25) is 0 Å². The molecule has 2 aliphatic carbocycles. The monoisotopic (exact) mass is 149 g/mol. The zero-order valence-corrected chi connectivity index (χ0v) is 6.33. The molecule has 1 heterocycles. The molecule has 0 bridgehead atoms. The maximum atomic E-state index is 4.12. The van der Waals surface area contributed by atoms with E-state index in [0.717, 1.165) is 17.8 Å². The Labute approximate surface area is 65.2 Å². The summed E-state index contributed by atoms with van der Waals surface area (Å²) in [5.41, 5.74) is 1.18. The molecule has 3 rings (SSSR count). The van der Waals surface area contributed by atoms with Gasteiger partial charge in [0.25, 0.3) is 0 Å². The second kappa shape index (κ2) is 1.84.